The summed E-state index contributed by atoms with van der Waals surface area (Å²) < 4.78 is 8.17. The summed E-state index contributed by atoms with van der Waals surface area (Å²) in [7, 11) is 0. The Bertz CT molecular complexity index is 394. The van der Waals surface area contributed by atoms with Gasteiger partial charge in [-0.25, -0.2) is 0 Å². The highest BCUT2D eigenvalue weighted by Crippen LogP contribution is 2.39. The van der Waals surface area contributed by atoms with Crippen molar-refractivity contribution in [3.63, 3.8) is 0 Å². The molecule has 2 N–H and O–H groups in total. The molecule has 1 aliphatic rings. The van der Waals surface area contributed by atoms with Crippen LogP contribution in [0.25, 0.3) is 0 Å². The van der Waals surface area contributed by atoms with E-state index in [1.54, 1.807) is 0 Å². The molecule has 4 heteroatoms. The van der Waals surface area contributed by atoms with E-state index in [4.69, 9.17) is 10.5 Å². The third kappa shape index (κ3) is 3.41. The first-order chi connectivity index (χ1) is 9.72. The molecule has 0 radical (unpaired) electrons. The lowest BCUT2D eigenvalue weighted by molar-refractivity contribution is -0.0696. The molecule has 114 valence electrons. The zero-order valence-electron chi connectivity index (χ0n) is 13.0. The lowest BCUT2D eigenvalue weighted by Gasteiger charge is -2.37. The Morgan fingerprint density at radius 1 is 1.30 bits per heavy atom. The number of rotatable bonds is 6. The molecule has 0 saturated heterocycles. The number of aromatic nitrogens is 2. The Morgan fingerprint density at radius 2 is 2.00 bits per heavy atom. The van der Waals surface area contributed by atoms with E-state index in [1.807, 2.05) is 10.9 Å². The van der Waals surface area contributed by atoms with Gasteiger partial charge in [0.2, 0.25) is 0 Å². The van der Waals surface area contributed by atoms with Gasteiger partial charge >= 0.3 is 0 Å². The minimum Gasteiger partial charge on any atom is -0.373 e. The van der Waals surface area contributed by atoms with Crippen LogP contribution in [0.15, 0.2) is 12.4 Å². The maximum absolute atomic E-state index is 6.59. The van der Waals surface area contributed by atoms with Crippen LogP contribution in [-0.4, -0.2) is 22.0 Å². The molecule has 1 atom stereocenters. The first-order valence-corrected chi connectivity index (χ1v) is 8.13. The molecule has 0 amide bonds. The fourth-order valence-corrected chi connectivity index (χ4v) is 3.35. The Hall–Kier alpha value is -0.870. The Labute approximate surface area is 122 Å². The van der Waals surface area contributed by atoms with Gasteiger partial charge in [-0.15, -0.1) is 0 Å². The molecule has 4 nitrogen and oxygen atoms in total. The SMILES string of the molecule is CCCn1cc(C(N)C2(OCC)CCCCCC2)cn1. The quantitative estimate of drug-likeness (QED) is 0.812. The summed E-state index contributed by atoms with van der Waals surface area (Å²) in [4.78, 5) is 0. The largest absolute Gasteiger partial charge is 0.373 e. The van der Waals surface area contributed by atoms with Gasteiger partial charge in [0, 0.05) is 24.9 Å². The van der Waals surface area contributed by atoms with E-state index < -0.39 is 0 Å². The molecular weight excluding hydrogens is 250 g/mol. The van der Waals surface area contributed by atoms with Crippen LogP contribution in [0.4, 0.5) is 0 Å². The number of nitrogens with two attached hydrogens (primary N) is 1. The third-order valence-electron chi connectivity index (χ3n) is 4.41. The van der Waals surface area contributed by atoms with E-state index in [0.29, 0.717) is 0 Å². The molecule has 1 aliphatic carbocycles. The molecule has 20 heavy (non-hydrogen) atoms. The van der Waals surface area contributed by atoms with Crippen LogP contribution >= 0.6 is 0 Å². The minimum atomic E-state index is -0.189. The van der Waals surface area contributed by atoms with E-state index >= 15 is 0 Å². The summed E-state index contributed by atoms with van der Waals surface area (Å²) in [6.45, 7) is 5.92. The topological polar surface area (TPSA) is 53.1 Å². The summed E-state index contributed by atoms with van der Waals surface area (Å²) in [6, 6.07) is -0.0637. The summed E-state index contributed by atoms with van der Waals surface area (Å²) in [6.07, 6.45) is 12.3. The lowest BCUT2D eigenvalue weighted by atomic mass is 9.83. The van der Waals surface area contributed by atoms with Crippen molar-refractivity contribution in [1.82, 2.24) is 9.78 Å². The van der Waals surface area contributed by atoms with Crippen LogP contribution in [0.2, 0.25) is 0 Å². The zero-order chi connectivity index (χ0) is 14.4. The maximum Gasteiger partial charge on any atom is 0.0875 e. The molecule has 0 spiro atoms. The van der Waals surface area contributed by atoms with Crippen molar-refractivity contribution < 1.29 is 4.74 Å². The summed E-state index contributed by atoms with van der Waals surface area (Å²) in [5.74, 6) is 0. The number of hydrogen-bond donors (Lipinski definition) is 1. The van der Waals surface area contributed by atoms with Gasteiger partial charge in [0.25, 0.3) is 0 Å². The lowest BCUT2D eigenvalue weighted by Crippen LogP contribution is -2.43. The Morgan fingerprint density at radius 3 is 2.60 bits per heavy atom. The fourth-order valence-electron chi connectivity index (χ4n) is 3.35. The van der Waals surface area contributed by atoms with Crippen molar-refractivity contribution in [3.8, 4) is 0 Å². The van der Waals surface area contributed by atoms with Gasteiger partial charge in [-0.05, 0) is 26.2 Å². The van der Waals surface area contributed by atoms with Gasteiger partial charge in [0.1, 0.15) is 0 Å². The van der Waals surface area contributed by atoms with Crippen LogP contribution in [0, 0.1) is 0 Å². The van der Waals surface area contributed by atoms with Crippen molar-refractivity contribution in [2.24, 2.45) is 5.73 Å². The first-order valence-electron chi connectivity index (χ1n) is 8.13. The van der Waals surface area contributed by atoms with Crippen molar-refractivity contribution in [2.45, 2.75) is 77.0 Å². The van der Waals surface area contributed by atoms with Gasteiger partial charge in [-0.1, -0.05) is 32.6 Å². The average Bonchev–Trinajstić information content (AvgIpc) is 2.77. The first kappa shape index (κ1) is 15.5. The van der Waals surface area contributed by atoms with E-state index in [1.165, 1.54) is 25.7 Å². The second-order valence-corrected chi connectivity index (χ2v) is 5.93. The van der Waals surface area contributed by atoms with E-state index in [9.17, 15) is 0 Å². The monoisotopic (exact) mass is 279 g/mol. The summed E-state index contributed by atoms with van der Waals surface area (Å²) in [5.41, 5.74) is 7.52. The standard InChI is InChI=1S/C16H29N3O/c1-3-11-19-13-14(12-18-19)15(17)16(20-4-2)9-7-5-6-8-10-16/h12-13,15H,3-11,17H2,1-2H3. The normalized spacial score (nSPS) is 20.6. The number of aryl methyl sites for hydroxylation is 1. The third-order valence-corrected chi connectivity index (χ3v) is 4.41. The summed E-state index contributed by atoms with van der Waals surface area (Å²) in [5, 5.41) is 4.42. The number of hydrogen-bond acceptors (Lipinski definition) is 3. The highest BCUT2D eigenvalue weighted by atomic mass is 16.5. The average molecular weight is 279 g/mol. The van der Waals surface area contributed by atoms with E-state index in [-0.39, 0.29) is 11.6 Å². The molecule has 0 aliphatic heterocycles. The minimum absolute atomic E-state index is 0.0637. The Balaban J connectivity index is 2.17. The highest BCUT2D eigenvalue weighted by Gasteiger charge is 2.39. The van der Waals surface area contributed by atoms with E-state index in [2.05, 4.69) is 25.1 Å². The number of ether oxygens (including phenoxy) is 1. The molecule has 0 aromatic carbocycles. The van der Waals surface area contributed by atoms with Gasteiger partial charge < -0.3 is 10.5 Å². The molecule has 1 saturated carbocycles. The van der Waals surface area contributed by atoms with Gasteiger partial charge in [0.05, 0.1) is 17.8 Å². The number of nitrogens with zero attached hydrogens (tertiary/aromatic N) is 2. The van der Waals surface area contributed by atoms with Crippen LogP contribution < -0.4 is 5.73 Å². The predicted molar refractivity (Wildman–Crippen MR) is 81.5 cm³/mol. The molecule has 1 fully saturated rings. The second kappa shape index (κ2) is 7.23. The van der Waals surface area contributed by atoms with Crippen molar-refractivity contribution in [3.05, 3.63) is 18.0 Å². The highest BCUT2D eigenvalue weighted by molar-refractivity contribution is 5.16. The van der Waals surface area contributed by atoms with Crippen LogP contribution in [0.5, 0.6) is 0 Å². The van der Waals surface area contributed by atoms with Crippen molar-refractivity contribution in [1.29, 1.82) is 0 Å². The molecular formula is C16H29N3O. The zero-order valence-corrected chi connectivity index (χ0v) is 13.0. The van der Waals surface area contributed by atoms with Crippen LogP contribution in [-0.2, 0) is 11.3 Å². The molecule has 0 bridgehead atoms. The predicted octanol–water partition coefficient (Wildman–Crippen LogP) is 3.42. The summed E-state index contributed by atoms with van der Waals surface area (Å²) >= 11 is 0. The molecule has 1 unspecified atom stereocenters. The molecule has 2 rings (SSSR count). The molecule has 1 aromatic heterocycles. The van der Waals surface area contributed by atoms with Crippen molar-refractivity contribution in [2.75, 3.05) is 6.61 Å². The van der Waals surface area contributed by atoms with Crippen LogP contribution in [0.3, 0.4) is 0 Å². The second-order valence-electron chi connectivity index (χ2n) is 5.93. The fraction of sp³-hybridized carbons (Fsp3) is 0.812. The maximum atomic E-state index is 6.59. The van der Waals surface area contributed by atoms with E-state index in [0.717, 1.165) is 38.0 Å². The molecule has 1 heterocycles. The molecule has 1 aromatic rings. The van der Waals surface area contributed by atoms with Crippen LogP contribution in [0.1, 0.15) is 70.4 Å². The van der Waals surface area contributed by atoms with Gasteiger partial charge in [-0.3, -0.25) is 4.68 Å². The van der Waals surface area contributed by atoms with Gasteiger partial charge in [0.15, 0.2) is 0 Å². The Kier molecular flexibility index (Phi) is 5.61. The van der Waals surface area contributed by atoms with Crippen molar-refractivity contribution >= 4 is 0 Å². The smallest absolute Gasteiger partial charge is 0.0875 e. The van der Waals surface area contributed by atoms with Gasteiger partial charge in [-0.2, -0.15) is 5.10 Å².